The van der Waals surface area contributed by atoms with Crippen LogP contribution in [0.4, 0.5) is 0 Å². The molecule has 0 aromatic heterocycles. The zero-order valence-corrected chi connectivity index (χ0v) is 13.0. The lowest BCUT2D eigenvalue weighted by Crippen LogP contribution is -2.58. The standard InChI is InChI=1S/C16H31N3/c1-16(2)12-19(11-10-18(16)3)9-8-17-15(13-4-5-13)14-6-7-14/h13-15,17H,4-12H2,1-3H3. The molecule has 2 aliphatic carbocycles. The van der Waals surface area contributed by atoms with E-state index in [1.54, 1.807) is 0 Å². The van der Waals surface area contributed by atoms with Gasteiger partial charge in [0.25, 0.3) is 0 Å². The lowest BCUT2D eigenvalue weighted by atomic mass is 10.00. The third kappa shape index (κ3) is 3.50. The summed E-state index contributed by atoms with van der Waals surface area (Å²) < 4.78 is 0. The van der Waals surface area contributed by atoms with Gasteiger partial charge in [-0.2, -0.15) is 0 Å². The second-order valence-electron chi connectivity index (χ2n) is 7.66. The largest absolute Gasteiger partial charge is 0.312 e. The van der Waals surface area contributed by atoms with Crippen molar-refractivity contribution in [1.29, 1.82) is 0 Å². The van der Waals surface area contributed by atoms with E-state index in [-0.39, 0.29) is 0 Å². The van der Waals surface area contributed by atoms with Crippen molar-refractivity contribution < 1.29 is 0 Å². The van der Waals surface area contributed by atoms with Gasteiger partial charge in [0.05, 0.1) is 0 Å². The van der Waals surface area contributed by atoms with Crippen LogP contribution in [0.1, 0.15) is 39.5 Å². The second kappa shape index (κ2) is 5.34. The Morgan fingerprint density at radius 2 is 1.74 bits per heavy atom. The molecule has 1 aliphatic heterocycles. The van der Waals surface area contributed by atoms with Gasteiger partial charge in [-0.25, -0.2) is 0 Å². The smallest absolute Gasteiger partial charge is 0.0277 e. The highest BCUT2D eigenvalue weighted by Crippen LogP contribution is 2.44. The van der Waals surface area contributed by atoms with Crippen LogP contribution in [-0.2, 0) is 0 Å². The van der Waals surface area contributed by atoms with E-state index in [4.69, 9.17) is 0 Å². The summed E-state index contributed by atoms with van der Waals surface area (Å²) in [5, 5.41) is 3.87. The van der Waals surface area contributed by atoms with Gasteiger partial charge in [-0.3, -0.25) is 9.80 Å². The summed E-state index contributed by atoms with van der Waals surface area (Å²) in [7, 11) is 2.26. The minimum Gasteiger partial charge on any atom is -0.312 e. The molecule has 0 atom stereocenters. The van der Waals surface area contributed by atoms with Crippen LogP contribution >= 0.6 is 0 Å². The SMILES string of the molecule is CN1CCN(CCNC(C2CC2)C2CC2)CC1(C)C. The first-order valence-electron chi connectivity index (χ1n) is 8.23. The van der Waals surface area contributed by atoms with Crippen LogP contribution in [0.15, 0.2) is 0 Å². The van der Waals surface area contributed by atoms with Crippen LogP contribution in [0.3, 0.4) is 0 Å². The van der Waals surface area contributed by atoms with Crippen LogP contribution in [0.5, 0.6) is 0 Å². The molecular weight excluding hydrogens is 234 g/mol. The maximum Gasteiger partial charge on any atom is 0.0277 e. The summed E-state index contributed by atoms with van der Waals surface area (Å²) in [6, 6.07) is 0.862. The molecule has 1 N–H and O–H groups in total. The molecule has 2 saturated carbocycles. The predicted octanol–water partition coefficient (Wildman–Crippen LogP) is 1.79. The van der Waals surface area contributed by atoms with Crippen molar-refractivity contribution in [2.24, 2.45) is 11.8 Å². The third-order valence-electron chi connectivity index (χ3n) is 5.46. The molecule has 1 saturated heterocycles. The van der Waals surface area contributed by atoms with E-state index in [1.807, 2.05) is 0 Å². The van der Waals surface area contributed by atoms with Crippen molar-refractivity contribution in [2.75, 3.05) is 39.8 Å². The maximum absolute atomic E-state index is 3.87. The van der Waals surface area contributed by atoms with Gasteiger partial charge in [0, 0.05) is 44.3 Å². The second-order valence-corrected chi connectivity index (χ2v) is 7.66. The number of rotatable bonds is 6. The van der Waals surface area contributed by atoms with Crippen LogP contribution in [0.2, 0.25) is 0 Å². The molecule has 0 aromatic carbocycles. The van der Waals surface area contributed by atoms with E-state index in [0.29, 0.717) is 5.54 Å². The van der Waals surface area contributed by atoms with Gasteiger partial charge in [0.1, 0.15) is 0 Å². The first-order valence-corrected chi connectivity index (χ1v) is 8.23. The lowest BCUT2D eigenvalue weighted by Gasteiger charge is -2.45. The molecule has 0 spiro atoms. The number of likely N-dealkylation sites (N-methyl/N-ethyl adjacent to an activating group) is 1. The highest BCUT2D eigenvalue weighted by Gasteiger charge is 2.41. The molecule has 3 heteroatoms. The Bertz CT molecular complexity index is 295. The zero-order valence-electron chi connectivity index (χ0n) is 13.0. The summed E-state index contributed by atoms with van der Waals surface area (Å²) in [4.78, 5) is 5.14. The molecule has 0 unspecified atom stereocenters. The molecular formula is C16H31N3. The fourth-order valence-corrected chi connectivity index (χ4v) is 3.55. The van der Waals surface area contributed by atoms with Gasteiger partial charge >= 0.3 is 0 Å². The molecule has 0 amide bonds. The Kier molecular flexibility index (Phi) is 3.89. The summed E-state index contributed by atoms with van der Waals surface area (Å²) >= 11 is 0. The Hall–Kier alpha value is -0.120. The number of nitrogens with one attached hydrogen (secondary N) is 1. The van der Waals surface area contributed by atoms with Gasteiger partial charge in [0.2, 0.25) is 0 Å². The monoisotopic (exact) mass is 265 g/mol. The van der Waals surface area contributed by atoms with Crippen molar-refractivity contribution in [3.05, 3.63) is 0 Å². The number of hydrogen-bond donors (Lipinski definition) is 1. The molecule has 1 heterocycles. The van der Waals surface area contributed by atoms with E-state index in [0.717, 1.165) is 17.9 Å². The number of nitrogens with zero attached hydrogens (tertiary/aromatic N) is 2. The van der Waals surface area contributed by atoms with E-state index in [2.05, 4.69) is 36.0 Å². The van der Waals surface area contributed by atoms with Crippen molar-refractivity contribution in [1.82, 2.24) is 15.1 Å². The van der Waals surface area contributed by atoms with Crippen molar-refractivity contribution in [2.45, 2.75) is 51.1 Å². The molecule has 0 bridgehead atoms. The lowest BCUT2D eigenvalue weighted by molar-refractivity contribution is 0.0402. The Labute approximate surface area is 118 Å². The molecule has 19 heavy (non-hydrogen) atoms. The Balaban J connectivity index is 1.40. The van der Waals surface area contributed by atoms with E-state index in [1.165, 1.54) is 58.4 Å². The van der Waals surface area contributed by atoms with Gasteiger partial charge in [0.15, 0.2) is 0 Å². The molecule has 3 fully saturated rings. The minimum absolute atomic E-state index is 0.338. The normalized spacial score (nSPS) is 29.1. The summed E-state index contributed by atoms with van der Waals surface area (Å²) in [5.74, 6) is 2.05. The van der Waals surface area contributed by atoms with Crippen LogP contribution < -0.4 is 5.32 Å². The van der Waals surface area contributed by atoms with E-state index in [9.17, 15) is 0 Å². The molecule has 3 nitrogen and oxygen atoms in total. The Morgan fingerprint density at radius 1 is 1.11 bits per heavy atom. The van der Waals surface area contributed by atoms with Gasteiger partial charge < -0.3 is 5.32 Å². The zero-order chi connectivity index (χ0) is 13.5. The Morgan fingerprint density at radius 3 is 2.26 bits per heavy atom. The van der Waals surface area contributed by atoms with E-state index < -0.39 is 0 Å². The molecule has 0 aromatic rings. The number of piperazine rings is 1. The topological polar surface area (TPSA) is 18.5 Å². The summed E-state index contributed by atoms with van der Waals surface area (Å²) in [6.45, 7) is 10.8. The quantitative estimate of drug-likeness (QED) is 0.790. The fourth-order valence-electron chi connectivity index (χ4n) is 3.55. The average Bonchev–Trinajstić information content (AvgIpc) is 3.22. The molecule has 3 aliphatic rings. The van der Waals surface area contributed by atoms with Crippen LogP contribution in [0, 0.1) is 11.8 Å². The van der Waals surface area contributed by atoms with Crippen molar-refractivity contribution >= 4 is 0 Å². The van der Waals surface area contributed by atoms with Gasteiger partial charge in [-0.15, -0.1) is 0 Å². The maximum atomic E-state index is 3.87. The third-order valence-corrected chi connectivity index (χ3v) is 5.46. The molecule has 3 rings (SSSR count). The van der Waals surface area contributed by atoms with Crippen LogP contribution in [-0.4, -0.2) is 61.2 Å². The number of hydrogen-bond acceptors (Lipinski definition) is 3. The van der Waals surface area contributed by atoms with E-state index >= 15 is 0 Å². The predicted molar refractivity (Wildman–Crippen MR) is 80.4 cm³/mol. The van der Waals surface area contributed by atoms with Crippen LogP contribution in [0.25, 0.3) is 0 Å². The molecule has 110 valence electrons. The minimum atomic E-state index is 0.338. The fraction of sp³-hybridized carbons (Fsp3) is 1.00. The summed E-state index contributed by atoms with van der Waals surface area (Å²) in [5.41, 5.74) is 0.338. The van der Waals surface area contributed by atoms with Crippen molar-refractivity contribution in [3.63, 3.8) is 0 Å². The highest BCUT2D eigenvalue weighted by molar-refractivity contribution is 4.96. The first-order chi connectivity index (χ1) is 9.06. The first kappa shape index (κ1) is 13.8. The average molecular weight is 265 g/mol. The van der Waals surface area contributed by atoms with Gasteiger partial charge in [-0.1, -0.05) is 0 Å². The summed E-state index contributed by atoms with van der Waals surface area (Å²) in [6.07, 6.45) is 5.93. The van der Waals surface area contributed by atoms with Gasteiger partial charge in [-0.05, 0) is 58.4 Å². The highest BCUT2D eigenvalue weighted by atomic mass is 15.3. The van der Waals surface area contributed by atoms with Crippen molar-refractivity contribution in [3.8, 4) is 0 Å². The molecule has 0 radical (unpaired) electrons.